The SMILES string of the molecule is COc1ccc(NC(=O)CC(C)N)cc1OCc1ccncc1.Cl.Cl. The van der Waals surface area contributed by atoms with Gasteiger partial charge in [-0.15, -0.1) is 24.8 Å². The average Bonchev–Trinajstić information content (AvgIpc) is 2.53. The molecule has 1 aromatic heterocycles. The van der Waals surface area contributed by atoms with Crippen molar-refractivity contribution in [2.45, 2.75) is 26.0 Å². The zero-order valence-corrected chi connectivity index (χ0v) is 15.7. The van der Waals surface area contributed by atoms with Gasteiger partial charge in [0.25, 0.3) is 0 Å². The number of methoxy groups -OCH3 is 1. The van der Waals surface area contributed by atoms with Crippen LogP contribution in [-0.4, -0.2) is 24.0 Å². The van der Waals surface area contributed by atoms with Crippen molar-refractivity contribution in [1.82, 2.24) is 4.98 Å². The molecule has 138 valence electrons. The Kier molecular flexibility index (Phi) is 10.6. The highest BCUT2D eigenvalue weighted by Gasteiger charge is 2.10. The molecule has 0 saturated heterocycles. The molecule has 6 nitrogen and oxygen atoms in total. The van der Waals surface area contributed by atoms with Crippen LogP contribution in [0.3, 0.4) is 0 Å². The third kappa shape index (κ3) is 7.60. The molecule has 0 spiro atoms. The second-order valence-corrected chi connectivity index (χ2v) is 5.24. The Balaban J connectivity index is 0.00000288. The van der Waals surface area contributed by atoms with Crippen molar-refractivity contribution in [1.29, 1.82) is 0 Å². The molecule has 1 atom stereocenters. The predicted octanol–water partition coefficient (Wildman–Crippen LogP) is 3.19. The van der Waals surface area contributed by atoms with E-state index in [0.29, 0.717) is 23.8 Å². The Labute approximate surface area is 159 Å². The van der Waals surface area contributed by atoms with Crippen LogP contribution in [0.15, 0.2) is 42.7 Å². The van der Waals surface area contributed by atoms with Crippen LogP contribution in [-0.2, 0) is 11.4 Å². The molecule has 1 amide bonds. The van der Waals surface area contributed by atoms with Gasteiger partial charge in [0.05, 0.1) is 7.11 Å². The number of carbonyl (C=O) groups excluding carboxylic acids is 1. The zero-order chi connectivity index (χ0) is 16.7. The van der Waals surface area contributed by atoms with Crippen molar-refractivity contribution in [2.24, 2.45) is 5.73 Å². The number of hydrogen-bond donors (Lipinski definition) is 2. The van der Waals surface area contributed by atoms with E-state index in [1.165, 1.54) is 0 Å². The Morgan fingerprint density at radius 3 is 2.48 bits per heavy atom. The molecule has 2 aromatic rings. The summed E-state index contributed by atoms with van der Waals surface area (Å²) in [5.41, 5.74) is 7.26. The fourth-order valence-electron chi connectivity index (χ4n) is 2.01. The molecule has 3 N–H and O–H groups in total. The van der Waals surface area contributed by atoms with E-state index in [0.717, 1.165) is 5.56 Å². The number of hydrogen-bond acceptors (Lipinski definition) is 5. The van der Waals surface area contributed by atoms with Crippen LogP contribution in [0.1, 0.15) is 18.9 Å². The lowest BCUT2D eigenvalue weighted by Gasteiger charge is -2.13. The highest BCUT2D eigenvalue weighted by Crippen LogP contribution is 2.31. The number of rotatable bonds is 7. The number of nitrogens with one attached hydrogen (secondary N) is 1. The lowest BCUT2D eigenvalue weighted by molar-refractivity contribution is -0.116. The van der Waals surface area contributed by atoms with Crippen LogP contribution in [0.4, 0.5) is 5.69 Å². The lowest BCUT2D eigenvalue weighted by atomic mass is 10.2. The second-order valence-electron chi connectivity index (χ2n) is 5.24. The first kappa shape index (κ1) is 23.0. The fraction of sp³-hybridized carbons (Fsp3) is 0.294. The summed E-state index contributed by atoms with van der Waals surface area (Å²) < 4.78 is 11.1. The zero-order valence-electron chi connectivity index (χ0n) is 14.1. The van der Waals surface area contributed by atoms with Gasteiger partial charge in [0, 0.05) is 36.6 Å². The Bertz CT molecular complexity index is 655. The Hall–Kier alpha value is -2.02. The van der Waals surface area contributed by atoms with E-state index < -0.39 is 0 Å². The quantitative estimate of drug-likeness (QED) is 0.761. The van der Waals surface area contributed by atoms with Crippen LogP contribution in [0.5, 0.6) is 11.5 Å². The maximum absolute atomic E-state index is 11.8. The van der Waals surface area contributed by atoms with Crippen LogP contribution in [0.25, 0.3) is 0 Å². The third-order valence-corrected chi connectivity index (χ3v) is 3.10. The van der Waals surface area contributed by atoms with Crippen LogP contribution < -0.4 is 20.5 Å². The molecule has 0 bridgehead atoms. The van der Waals surface area contributed by atoms with Crippen LogP contribution in [0, 0.1) is 0 Å². The molecule has 1 aromatic carbocycles. The lowest BCUT2D eigenvalue weighted by Crippen LogP contribution is -2.23. The number of anilines is 1. The largest absolute Gasteiger partial charge is 0.493 e. The molecule has 1 unspecified atom stereocenters. The van der Waals surface area contributed by atoms with E-state index in [1.807, 2.05) is 12.1 Å². The van der Waals surface area contributed by atoms with Crippen molar-refractivity contribution >= 4 is 36.4 Å². The highest BCUT2D eigenvalue weighted by molar-refractivity contribution is 5.91. The van der Waals surface area contributed by atoms with Gasteiger partial charge in [-0.05, 0) is 36.8 Å². The van der Waals surface area contributed by atoms with E-state index in [4.69, 9.17) is 15.2 Å². The van der Waals surface area contributed by atoms with Crippen molar-refractivity contribution in [2.75, 3.05) is 12.4 Å². The molecule has 2 rings (SSSR count). The van der Waals surface area contributed by atoms with Crippen molar-refractivity contribution in [3.63, 3.8) is 0 Å². The van der Waals surface area contributed by atoms with E-state index >= 15 is 0 Å². The summed E-state index contributed by atoms with van der Waals surface area (Å²) in [5, 5.41) is 2.80. The number of carbonyl (C=O) groups is 1. The van der Waals surface area contributed by atoms with Gasteiger partial charge in [-0.1, -0.05) is 0 Å². The van der Waals surface area contributed by atoms with Gasteiger partial charge in [0.1, 0.15) is 6.61 Å². The van der Waals surface area contributed by atoms with E-state index in [-0.39, 0.29) is 43.2 Å². The molecule has 8 heteroatoms. The van der Waals surface area contributed by atoms with Gasteiger partial charge in [0.2, 0.25) is 5.91 Å². The minimum Gasteiger partial charge on any atom is -0.493 e. The maximum Gasteiger partial charge on any atom is 0.225 e. The first-order valence-corrected chi connectivity index (χ1v) is 7.33. The number of benzene rings is 1. The number of nitrogens with two attached hydrogens (primary N) is 1. The average molecular weight is 388 g/mol. The number of aromatic nitrogens is 1. The first-order chi connectivity index (χ1) is 11.1. The summed E-state index contributed by atoms with van der Waals surface area (Å²) in [6, 6.07) is 8.82. The Morgan fingerprint density at radius 1 is 1.20 bits per heavy atom. The Morgan fingerprint density at radius 2 is 1.88 bits per heavy atom. The van der Waals surface area contributed by atoms with Gasteiger partial charge >= 0.3 is 0 Å². The van der Waals surface area contributed by atoms with Gasteiger partial charge < -0.3 is 20.5 Å². The summed E-state index contributed by atoms with van der Waals surface area (Å²) in [4.78, 5) is 15.8. The highest BCUT2D eigenvalue weighted by atomic mass is 35.5. The van der Waals surface area contributed by atoms with Gasteiger partial charge in [-0.25, -0.2) is 0 Å². The van der Waals surface area contributed by atoms with Gasteiger partial charge in [-0.2, -0.15) is 0 Å². The molecule has 0 aliphatic rings. The molecule has 0 saturated carbocycles. The van der Waals surface area contributed by atoms with Gasteiger partial charge in [-0.3, -0.25) is 9.78 Å². The fourth-order valence-corrected chi connectivity index (χ4v) is 2.01. The van der Waals surface area contributed by atoms with Crippen LogP contribution in [0.2, 0.25) is 0 Å². The topological polar surface area (TPSA) is 86.5 Å². The van der Waals surface area contributed by atoms with Crippen molar-refractivity contribution in [3.05, 3.63) is 48.3 Å². The van der Waals surface area contributed by atoms with Crippen molar-refractivity contribution < 1.29 is 14.3 Å². The summed E-state index contributed by atoms with van der Waals surface area (Å²) in [7, 11) is 1.57. The normalized spacial score (nSPS) is 10.7. The molecular weight excluding hydrogens is 365 g/mol. The number of ether oxygens (including phenoxy) is 2. The van der Waals surface area contributed by atoms with E-state index in [9.17, 15) is 4.79 Å². The maximum atomic E-state index is 11.8. The van der Waals surface area contributed by atoms with Crippen molar-refractivity contribution in [3.8, 4) is 11.5 Å². The summed E-state index contributed by atoms with van der Waals surface area (Å²) in [6.07, 6.45) is 3.68. The standard InChI is InChI=1S/C17H21N3O3.2ClH/c1-12(18)9-17(21)20-14-3-4-15(22-2)16(10-14)23-11-13-5-7-19-8-6-13;;/h3-8,10,12H,9,11,18H2,1-2H3,(H,20,21);2*1H. The molecule has 0 aliphatic carbocycles. The number of amides is 1. The minimum atomic E-state index is -0.185. The molecule has 1 heterocycles. The summed E-state index contributed by atoms with van der Waals surface area (Å²) in [6.45, 7) is 2.17. The number of halogens is 2. The predicted molar refractivity (Wildman–Crippen MR) is 103 cm³/mol. The monoisotopic (exact) mass is 387 g/mol. The smallest absolute Gasteiger partial charge is 0.225 e. The molecular formula is C17H23Cl2N3O3. The van der Waals surface area contributed by atoms with Gasteiger partial charge in [0.15, 0.2) is 11.5 Å². The van der Waals surface area contributed by atoms with Crippen LogP contribution >= 0.6 is 24.8 Å². The second kappa shape index (κ2) is 11.5. The number of nitrogens with zero attached hydrogens (tertiary/aromatic N) is 1. The third-order valence-electron chi connectivity index (χ3n) is 3.10. The molecule has 25 heavy (non-hydrogen) atoms. The first-order valence-electron chi connectivity index (χ1n) is 7.33. The summed E-state index contributed by atoms with van der Waals surface area (Å²) >= 11 is 0. The molecule has 0 radical (unpaired) electrons. The van der Waals surface area contributed by atoms with E-state index in [1.54, 1.807) is 44.6 Å². The molecule has 0 aliphatic heterocycles. The summed E-state index contributed by atoms with van der Waals surface area (Å²) in [5.74, 6) is 1.03. The number of pyridine rings is 1. The van der Waals surface area contributed by atoms with E-state index in [2.05, 4.69) is 10.3 Å². The molecule has 0 fully saturated rings. The minimum absolute atomic E-state index is 0.